The molecule has 8 nitrogen and oxygen atoms in total. The van der Waals surface area contributed by atoms with Crippen LogP contribution in [-0.2, 0) is 20.9 Å². The minimum atomic E-state index is -0.862. The first-order valence-electron chi connectivity index (χ1n) is 8.17. The van der Waals surface area contributed by atoms with Crippen molar-refractivity contribution in [2.24, 2.45) is 0 Å². The van der Waals surface area contributed by atoms with E-state index in [1.807, 2.05) is 30.3 Å². The maximum absolute atomic E-state index is 12.0. The molecule has 0 heterocycles. The summed E-state index contributed by atoms with van der Waals surface area (Å²) >= 11 is 0. The number of carbonyl (C=O) groups is 3. The van der Waals surface area contributed by atoms with Gasteiger partial charge in [0.2, 0.25) is 0 Å². The topological polar surface area (TPSA) is 94.2 Å². The second-order valence-corrected chi connectivity index (χ2v) is 5.31. The number of amides is 2. The largest absolute Gasteiger partial charge is 0.451 e. The molecule has 8 heteroatoms. The van der Waals surface area contributed by atoms with E-state index in [-0.39, 0.29) is 25.3 Å². The van der Waals surface area contributed by atoms with Crippen molar-refractivity contribution in [3.05, 3.63) is 71.8 Å². The number of rotatable bonds is 6. The average Bonchev–Trinajstić information content (AvgIpc) is 2.72. The fourth-order valence-corrected chi connectivity index (χ4v) is 2.04. The molecule has 2 aromatic carbocycles. The van der Waals surface area contributed by atoms with Crippen LogP contribution in [0.25, 0.3) is 0 Å². The fraction of sp³-hybridized carbons (Fsp3) is 0.211. The number of ether oxygens (including phenoxy) is 2. The van der Waals surface area contributed by atoms with E-state index in [0.717, 1.165) is 17.7 Å². The molecule has 0 saturated heterocycles. The third-order valence-corrected chi connectivity index (χ3v) is 3.38. The van der Waals surface area contributed by atoms with Gasteiger partial charge in [-0.2, -0.15) is 0 Å². The Bertz CT molecular complexity index is 751. The Labute approximate surface area is 156 Å². The number of nitrogens with one attached hydrogen (secondary N) is 1. The van der Waals surface area contributed by atoms with Crippen LogP contribution in [0.2, 0.25) is 0 Å². The molecule has 0 spiro atoms. The number of hydrogen-bond acceptors (Lipinski definition) is 6. The predicted octanol–water partition coefficient (Wildman–Crippen LogP) is 2.75. The van der Waals surface area contributed by atoms with Gasteiger partial charge >= 0.3 is 18.2 Å². The molecule has 2 aromatic rings. The maximum Gasteiger partial charge on any atom is 0.443 e. The van der Waals surface area contributed by atoms with Gasteiger partial charge in [0.25, 0.3) is 0 Å². The summed E-state index contributed by atoms with van der Waals surface area (Å²) in [5, 5.41) is 3.20. The lowest BCUT2D eigenvalue weighted by Crippen LogP contribution is -2.40. The minimum absolute atomic E-state index is 0.00475. The summed E-state index contributed by atoms with van der Waals surface area (Å²) in [5.74, 6) is -0.715. The summed E-state index contributed by atoms with van der Waals surface area (Å²) in [7, 11) is 1.16. The van der Waals surface area contributed by atoms with Crippen molar-refractivity contribution < 1.29 is 28.7 Å². The van der Waals surface area contributed by atoms with E-state index in [2.05, 4.69) is 10.1 Å². The van der Waals surface area contributed by atoms with E-state index in [1.54, 1.807) is 30.3 Å². The standard InChI is InChI=1S/C19H20N2O6/c1-25-19(24)21(27-17(22)16-10-6-3-7-11-16)13-12-20-18(23)26-14-15-8-4-2-5-9-15/h2-11H,12-14H2,1H3,(H,20,23). The van der Waals surface area contributed by atoms with Crippen LogP contribution in [0.1, 0.15) is 15.9 Å². The first-order chi connectivity index (χ1) is 13.1. The fourth-order valence-electron chi connectivity index (χ4n) is 2.04. The number of nitrogens with zero attached hydrogens (tertiary/aromatic N) is 1. The SMILES string of the molecule is COC(=O)N(CCNC(=O)OCc1ccccc1)OC(=O)c1ccccc1. The van der Waals surface area contributed by atoms with Gasteiger partial charge in [-0.25, -0.2) is 14.4 Å². The highest BCUT2D eigenvalue weighted by Gasteiger charge is 2.20. The lowest BCUT2D eigenvalue weighted by molar-refractivity contribution is -0.0894. The van der Waals surface area contributed by atoms with Crippen LogP contribution in [0.3, 0.4) is 0 Å². The van der Waals surface area contributed by atoms with Crippen LogP contribution < -0.4 is 5.32 Å². The maximum atomic E-state index is 12.0. The van der Waals surface area contributed by atoms with Crippen molar-refractivity contribution in [3.8, 4) is 0 Å². The zero-order chi connectivity index (χ0) is 19.5. The van der Waals surface area contributed by atoms with Crippen LogP contribution in [0.4, 0.5) is 9.59 Å². The Kier molecular flexibility index (Phi) is 7.65. The van der Waals surface area contributed by atoms with E-state index in [1.165, 1.54) is 0 Å². The van der Waals surface area contributed by atoms with Crippen molar-refractivity contribution in [1.29, 1.82) is 0 Å². The summed E-state index contributed by atoms with van der Waals surface area (Å²) in [4.78, 5) is 40.5. The van der Waals surface area contributed by atoms with Crippen molar-refractivity contribution in [2.75, 3.05) is 20.2 Å². The number of methoxy groups -OCH3 is 1. The summed E-state index contributed by atoms with van der Waals surface area (Å²) in [6, 6.07) is 17.4. The highest BCUT2D eigenvalue weighted by atomic mass is 16.7. The quantitative estimate of drug-likeness (QED) is 0.784. The molecule has 0 aromatic heterocycles. The van der Waals surface area contributed by atoms with Gasteiger partial charge in [-0.15, -0.1) is 5.06 Å². The van der Waals surface area contributed by atoms with E-state index in [9.17, 15) is 14.4 Å². The van der Waals surface area contributed by atoms with Crippen LogP contribution in [0.5, 0.6) is 0 Å². The Balaban J connectivity index is 1.79. The second-order valence-electron chi connectivity index (χ2n) is 5.31. The van der Waals surface area contributed by atoms with Crippen molar-refractivity contribution in [3.63, 3.8) is 0 Å². The Morgan fingerprint density at radius 1 is 0.963 bits per heavy atom. The zero-order valence-corrected chi connectivity index (χ0v) is 14.8. The third-order valence-electron chi connectivity index (χ3n) is 3.38. The smallest absolute Gasteiger partial charge is 0.443 e. The van der Waals surface area contributed by atoms with Gasteiger partial charge < -0.3 is 19.6 Å². The molecule has 0 aliphatic rings. The monoisotopic (exact) mass is 372 g/mol. The molecule has 0 aliphatic carbocycles. The molecule has 1 N–H and O–H groups in total. The van der Waals surface area contributed by atoms with E-state index in [4.69, 9.17) is 9.57 Å². The molecular formula is C19H20N2O6. The molecule has 2 amide bonds. The Morgan fingerprint density at radius 2 is 1.59 bits per heavy atom. The Hall–Kier alpha value is -3.55. The van der Waals surface area contributed by atoms with Gasteiger partial charge in [-0.3, -0.25) is 0 Å². The molecule has 0 saturated carbocycles. The molecule has 0 unspecified atom stereocenters. The normalized spacial score (nSPS) is 9.81. The second kappa shape index (κ2) is 10.4. The lowest BCUT2D eigenvalue weighted by atomic mass is 10.2. The van der Waals surface area contributed by atoms with Gasteiger partial charge in [0, 0.05) is 6.54 Å². The van der Waals surface area contributed by atoms with Crippen LogP contribution >= 0.6 is 0 Å². The van der Waals surface area contributed by atoms with Crippen LogP contribution in [-0.4, -0.2) is 43.4 Å². The van der Waals surface area contributed by atoms with Gasteiger partial charge in [0.05, 0.1) is 19.2 Å². The highest BCUT2D eigenvalue weighted by Crippen LogP contribution is 2.05. The predicted molar refractivity (Wildman–Crippen MR) is 95.6 cm³/mol. The number of benzene rings is 2. The van der Waals surface area contributed by atoms with Gasteiger partial charge in [-0.1, -0.05) is 48.5 Å². The molecule has 0 aliphatic heterocycles. The first kappa shape index (κ1) is 19.8. The van der Waals surface area contributed by atoms with Crippen LogP contribution in [0.15, 0.2) is 60.7 Å². The zero-order valence-electron chi connectivity index (χ0n) is 14.8. The van der Waals surface area contributed by atoms with Crippen LogP contribution in [0, 0.1) is 0 Å². The highest BCUT2D eigenvalue weighted by molar-refractivity contribution is 5.89. The number of hydrogen-bond donors (Lipinski definition) is 1. The van der Waals surface area contributed by atoms with Gasteiger partial charge in [0.15, 0.2) is 0 Å². The van der Waals surface area contributed by atoms with E-state index < -0.39 is 18.2 Å². The molecule has 142 valence electrons. The average molecular weight is 372 g/mol. The third kappa shape index (κ3) is 6.69. The first-order valence-corrected chi connectivity index (χ1v) is 8.17. The summed E-state index contributed by atoms with van der Waals surface area (Å²) in [5.41, 5.74) is 1.13. The summed E-state index contributed by atoms with van der Waals surface area (Å²) in [6.45, 7) is 0.0207. The lowest BCUT2D eigenvalue weighted by Gasteiger charge is -2.19. The molecule has 0 bridgehead atoms. The van der Waals surface area contributed by atoms with Gasteiger partial charge in [-0.05, 0) is 17.7 Å². The minimum Gasteiger partial charge on any atom is -0.451 e. The molecule has 0 atom stereocenters. The Morgan fingerprint density at radius 3 is 2.22 bits per heavy atom. The van der Waals surface area contributed by atoms with Gasteiger partial charge in [0.1, 0.15) is 6.61 Å². The van der Waals surface area contributed by atoms with Crippen molar-refractivity contribution in [2.45, 2.75) is 6.61 Å². The number of hydroxylamine groups is 2. The van der Waals surface area contributed by atoms with E-state index in [0.29, 0.717) is 0 Å². The van der Waals surface area contributed by atoms with Crippen molar-refractivity contribution >= 4 is 18.2 Å². The molecule has 2 rings (SSSR count). The van der Waals surface area contributed by atoms with E-state index >= 15 is 0 Å². The van der Waals surface area contributed by atoms with Crippen molar-refractivity contribution in [1.82, 2.24) is 10.4 Å². The molecule has 27 heavy (non-hydrogen) atoms. The molecular weight excluding hydrogens is 352 g/mol. The summed E-state index contributed by atoms with van der Waals surface area (Å²) in [6.07, 6.45) is -1.52. The molecule has 0 radical (unpaired) electrons. The number of carbonyl (C=O) groups excluding carboxylic acids is 3. The number of alkyl carbamates (subject to hydrolysis) is 1. The summed E-state index contributed by atoms with van der Waals surface area (Å²) < 4.78 is 9.63. The molecule has 0 fully saturated rings.